The summed E-state index contributed by atoms with van der Waals surface area (Å²) in [6, 6.07) is 10.5. The molecule has 0 aliphatic heterocycles. The van der Waals surface area contributed by atoms with Crippen LogP contribution in [0.15, 0.2) is 36.4 Å². The first-order valence-electron chi connectivity index (χ1n) is 5.92. The quantitative estimate of drug-likeness (QED) is 0.895. The molecule has 0 heterocycles. The van der Waals surface area contributed by atoms with E-state index in [1.54, 1.807) is 38.3 Å². The fraction of sp³-hybridized carbons (Fsp3) is 0.200. The average Bonchev–Trinajstić information content (AvgIpc) is 2.40. The molecule has 0 saturated heterocycles. The molecule has 0 spiro atoms. The highest BCUT2D eigenvalue weighted by Gasteiger charge is 2.04. The van der Waals surface area contributed by atoms with E-state index in [2.05, 4.69) is 5.32 Å². The molecule has 0 saturated carbocycles. The van der Waals surface area contributed by atoms with Gasteiger partial charge in [-0.05, 0) is 42.3 Å². The van der Waals surface area contributed by atoms with Crippen LogP contribution in [0, 0.1) is 12.7 Å². The first-order valence-corrected chi connectivity index (χ1v) is 6.30. The standard InChI is InChI=1S/C15H15ClFNO/c1-10-3-4-11(7-13(10)17)9-18-14-8-12(16)5-6-15(14)19-2/h3-8,18H,9H2,1-2H3. The number of hydrogen-bond acceptors (Lipinski definition) is 2. The fourth-order valence-corrected chi connectivity index (χ4v) is 1.93. The summed E-state index contributed by atoms with van der Waals surface area (Å²) >= 11 is 5.95. The summed E-state index contributed by atoms with van der Waals surface area (Å²) in [7, 11) is 1.60. The Balaban J connectivity index is 2.13. The van der Waals surface area contributed by atoms with Crippen LogP contribution in [0.4, 0.5) is 10.1 Å². The van der Waals surface area contributed by atoms with Gasteiger partial charge in [0.25, 0.3) is 0 Å². The maximum absolute atomic E-state index is 13.4. The number of aryl methyl sites for hydroxylation is 1. The zero-order chi connectivity index (χ0) is 13.8. The van der Waals surface area contributed by atoms with Crippen LogP contribution in [-0.4, -0.2) is 7.11 Å². The third-order valence-corrected chi connectivity index (χ3v) is 3.12. The molecule has 1 N–H and O–H groups in total. The van der Waals surface area contributed by atoms with Crippen LogP contribution in [-0.2, 0) is 6.54 Å². The van der Waals surface area contributed by atoms with Crippen LogP contribution >= 0.6 is 11.6 Å². The predicted octanol–water partition coefficient (Wildman–Crippen LogP) is 4.41. The van der Waals surface area contributed by atoms with Gasteiger partial charge in [0.15, 0.2) is 0 Å². The molecule has 0 aliphatic carbocycles. The first-order chi connectivity index (χ1) is 9.10. The molecule has 2 aromatic carbocycles. The second-order valence-electron chi connectivity index (χ2n) is 4.28. The van der Waals surface area contributed by atoms with E-state index in [1.807, 2.05) is 6.07 Å². The van der Waals surface area contributed by atoms with Crippen molar-refractivity contribution in [2.24, 2.45) is 0 Å². The lowest BCUT2D eigenvalue weighted by atomic mass is 10.1. The smallest absolute Gasteiger partial charge is 0.142 e. The van der Waals surface area contributed by atoms with Crippen LogP contribution in [0.25, 0.3) is 0 Å². The van der Waals surface area contributed by atoms with E-state index in [-0.39, 0.29) is 5.82 Å². The minimum absolute atomic E-state index is 0.197. The fourth-order valence-electron chi connectivity index (χ4n) is 1.76. The van der Waals surface area contributed by atoms with E-state index in [9.17, 15) is 4.39 Å². The van der Waals surface area contributed by atoms with Gasteiger partial charge in [-0.15, -0.1) is 0 Å². The van der Waals surface area contributed by atoms with Gasteiger partial charge in [0.05, 0.1) is 12.8 Å². The molecular formula is C15H15ClFNO. The zero-order valence-electron chi connectivity index (χ0n) is 10.8. The summed E-state index contributed by atoms with van der Waals surface area (Å²) in [5.74, 6) is 0.509. The summed E-state index contributed by atoms with van der Waals surface area (Å²) in [5.41, 5.74) is 2.30. The molecule has 2 aromatic rings. The van der Waals surface area contributed by atoms with Gasteiger partial charge in [0.1, 0.15) is 11.6 Å². The normalized spacial score (nSPS) is 10.3. The molecular weight excluding hydrogens is 265 g/mol. The Morgan fingerprint density at radius 3 is 2.68 bits per heavy atom. The number of methoxy groups -OCH3 is 1. The van der Waals surface area contributed by atoms with Gasteiger partial charge in [-0.25, -0.2) is 4.39 Å². The van der Waals surface area contributed by atoms with Crippen LogP contribution in [0.2, 0.25) is 5.02 Å². The number of benzene rings is 2. The van der Waals surface area contributed by atoms with Gasteiger partial charge in [-0.2, -0.15) is 0 Å². The van der Waals surface area contributed by atoms with Crippen molar-refractivity contribution < 1.29 is 9.13 Å². The SMILES string of the molecule is COc1ccc(Cl)cc1NCc1ccc(C)c(F)c1. The number of nitrogens with one attached hydrogen (secondary N) is 1. The lowest BCUT2D eigenvalue weighted by Gasteiger charge is -2.12. The Morgan fingerprint density at radius 1 is 1.21 bits per heavy atom. The highest BCUT2D eigenvalue weighted by atomic mass is 35.5. The van der Waals surface area contributed by atoms with Crippen molar-refractivity contribution in [2.45, 2.75) is 13.5 Å². The van der Waals surface area contributed by atoms with Crippen molar-refractivity contribution in [1.29, 1.82) is 0 Å². The molecule has 0 aromatic heterocycles. The van der Waals surface area contributed by atoms with Crippen LogP contribution in [0.5, 0.6) is 5.75 Å². The van der Waals surface area contributed by atoms with Gasteiger partial charge >= 0.3 is 0 Å². The van der Waals surface area contributed by atoms with Crippen molar-refractivity contribution in [3.63, 3.8) is 0 Å². The number of ether oxygens (including phenoxy) is 1. The van der Waals surface area contributed by atoms with Crippen molar-refractivity contribution >= 4 is 17.3 Å². The van der Waals surface area contributed by atoms with Gasteiger partial charge in [0, 0.05) is 11.6 Å². The third-order valence-electron chi connectivity index (χ3n) is 2.88. The van der Waals surface area contributed by atoms with E-state index >= 15 is 0 Å². The number of hydrogen-bond donors (Lipinski definition) is 1. The van der Waals surface area contributed by atoms with Crippen LogP contribution in [0.1, 0.15) is 11.1 Å². The van der Waals surface area contributed by atoms with Crippen LogP contribution < -0.4 is 10.1 Å². The van der Waals surface area contributed by atoms with Gasteiger partial charge in [-0.1, -0.05) is 23.7 Å². The minimum atomic E-state index is -0.197. The summed E-state index contributed by atoms with van der Waals surface area (Å²) in [5, 5.41) is 3.82. The molecule has 0 aliphatic rings. The van der Waals surface area contributed by atoms with Crippen molar-refractivity contribution in [3.05, 3.63) is 58.4 Å². The van der Waals surface area contributed by atoms with E-state index in [4.69, 9.17) is 16.3 Å². The molecule has 0 atom stereocenters. The molecule has 0 radical (unpaired) electrons. The van der Waals surface area contributed by atoms with E-state index in [0.29, 0.717) is 22.9 Å². The maximum atomic E-state index is 13.4. The Labute approximate surface area is 117 Å². The Bertz CT molecular complexity index is 586. The van der Waals surface area contributed by atoms with Crippen LogP contribution in [0.3, 0.4) is 0 Å². The molecule has 19 heavy (non-hydrogen) atoms. The molecule has 2 nitrogen and oxygen atoms in total. The lowest BCUT2D eigenvalue weighted by molar-refractivity contribution is 0.416. The highest BCUT2D eigenvalue weighted by molar-refractivity contribution is 6.30. The van der Waals surface area contributed by atoms with E-state index in [1.165, 1.54) is 6.07 Å². The number of anilines is 1. The predicted molar refractivity (Wildman–Crippen MR) is 76.5 cm³/mol. The topological polar surface area (TPSA) is 21.3 Å². The molecule has 0 fully saturated rings. The maximum Gasteiger partial charge on any atom is 0.142 e. The van der Waals surface area contributed by atoms with E-state index in [0.717, 1.165) is 11.3 Å². The first kappa shape index (κ1) is 13.7. The Hall–Kier alpha value is -1.74. The summed E-state index contributed by atoms with van der Waals surface area (Å²) in [6.07, 6.45) is 0. The van der Waals surface area contributed by atoms with Gasteiger partial charge in [0.2, 0.25) is 0 Å². The molecule has 100 valence electrons. The molecule has 0 bridgehead atoms. The lowest BCUT2D eigenvalue weighted by Crippen LogP contribution is -2.02. The van der Waals surface area contributed by atoms with Crippen molar-refractivity contribution in [1.82, 2.24) is 0 Å². The molecule has 4 heteroatoms. The monoisotopic (exact) mass is 279 g/mol. The third kappa shape index (κ3) is 3.38. The molecule has 2 rings (SSSR count). The van der Waals surface area contributed by atoms with Gasteiger partial charge < -0.3 is 10.1 Å². The average molecular weight is 280 g/mol. The summed E-state index contributed by atoms with van der Waals surface area (Å²) < 4.78 is 18.7. The number of halogens is 2. The van der Waals surface area contributed by atoms with Crippen molar-refractivity contribution in [2.75, 3.05) is 12.4 Å². The second-order valence-corrected chi connectivity index (χ2v) is 4.72. The molecule has 0 amide bonds. The summed E-state index contributed by atoms with van der Waals surface area (Å²) in [6.45, 7) is 2.25. The zero-order valence-corrected chi connectivity index (χ0v) is 11.6. The van der Waals surface area contributed by atoms with Gasteiger partial charge in [-0.3, -0.25) is 0 Å². The largest absolute Gasteiger partial charge is 0.495 e. The number of rotatable bonds is 4. The minimum Gasteiger partial charge on any atom is -0.495 e. The second kappa shape index (κ2) is 5.93. The Kier molecular flexibility index (Phi) is 4.27. The molecule has 0 unspecified atom stereocenters. The highest BCUT2D eigenvalue weighted by Crippen LogP contribution is 2.28. The van der Waals surface area contributed by atoms with Crippen molar-refractivity contribution in [3.8, 4) is 5.75 Å². The Morgan fingerprint density at radius 2 is 2.00 bits per heavy atom. The summed E-state index contributed by atoms with van der Waals surface area (Å²) in [4.78, 5) is 0. The van der Waals surface area contributed by atoms with E-state index < -0.39 is 0 Å².